The van der Waals surface area contributed by atoms with E-state index in [1.807, 2.05) is 6.07 Å². The third kappa shape index (κ3) is 1.23. The van der Waals surface area contributed by atoms with Gasteiger partial charge in [0.2, 0.25) is 0 Å². The fourth-order valence-corrected chi connectivity index (χ4v) is 1.50. The van der Waals surface area contributed by atoms with Crippen molar-refractivity contribution in [2.75, 3.05) is 7.11 Å². The zero-order chi connectivity index (χ0) is 11.0. The molecule has 1 N–H and O–H groups in total. The van der Waals surface area contributed by atoms with Crippen molar-refractivity contribution < 1.29 is 9.15 Å². The molecule has 16 heavy (non-hydrogen) atoms. The Labute approximate surface area is 90.3 Å². The van der Waals surface area contributed by atoms with E-state index in [2.05, 4.69) is 19.9 Å². The summed E-state index contributed by atoms with van der Waals surface area (Å²) >= 11 is 0. The highest BCUT2D eigenvalue weighted by molar-refractivity contribution is 5.85. The SMILES string of the molecule is COc1nc(-c2ccco2)c2[nH]cnc2n1. The molecule has 3 aromatic heterocycles. The maximum atomic E-state index is 5.30. The minimum absolute atomic E-state index is 0.269. The van der Waals surface area contributed by atoms with Gasteiger partial charge in [0, 0.05) is 0 Å². The first-order valence-corrected chi connectivity index (χ1v) is 4.67. The molecular weight excluding hydrogens is 208 g/mol. The number of aromatic nitrogens is 4. The molecule has 0 unspecified atom stereocenters. The molecule has 6 heteroatoms. The third-order valence-electron chi connectivity index (χ3n) is 2.20. The number of H-pyrrole nitrogens is 1. The normalized spacial score (nSPS) is 10.8. The topological polar surface area (TPSA) is 76.8 Å². The first kappa shape index (κ1) is 8.90. The molecule has 0 aliphatic rings. The van der Waals surface area contributed by atoms with Crippen LogP contribution >= 0.6 is 0 Å². The number of fused-ring (bicyclic) bond motifs is 1. The average molecular weight is 216 g/mol. The van der Waals surface area contributed by atoms with E-state index in [0.717, 1.165) is 5.52 Å². The lowest BCUT2D eigenvalue weighted by Crippen LogP contribution is -1.95. The Morgan fingerprint density at radius 3 is 3.06 bits per heavy atom. The van der Waals surface area contributed by atoms with Gasteiger partial charge in [-0.1, -0.05) is 0 Å². The number of furan rings is 1. The standard InChI is InChI=1S/C10H8N4O2/c1-15-10-13-7(6-3-2-4-16-6)8-9(14-10)12-5-11-8/h2-5H,1H3,(H,11,12,13,14). The largest absolute Gasteiger partial charge is 0.467 e. The van der Waals surface area contributed by atoms with Gasteiger partial charge < -0.3 is 14.1 Å². The summed E-state index contributed by atoms with van der Waals surface area (Å²) in [5, 5.41) is 0. The van der Waals surface area contributed by atoms with Crippen LogP contribution in [0, 0.1) is 0 Å². The number of hydrogen-bond acceptors (Lipinski definition) is 5. The van der Waals surface area contributed by atoms with E-state index in [1.165, 1.54) is 7.11 Å². The fourth-order valence-electron chi connectivity index (χ4n) is 1.50. The highest BCUT2D eigenvalue weighted by atomic mass is 16.5. The van der Waals surface area contributed by atoms with Gasteiger partial charge in [0.1, 0.15) is 11.2 Å². The van der Waals surface area contributed by atoms with Crippen LogP contribution < -0.4 is 4.74 Å². The van der Waals surface area contributed by atoms with E-state index in [9.17, 15) is 0 Å². The summed E-state index contributed by atoms with van der Waals surface area (Å²) in [7, 11) is 1.51. The van der Waals surface area contributed by atoms with Crippen molar-refractivity contribution in [1.82, 2.24) is 19.9 Å². The zero-order valence-corrected chi connectivity index (χ0v) is 8.47. The smallest absolute Gasteiger partial charge is 0.318 e. The maximum absolute atomic E-state index is 5.30. The van der Waals surface area contributed by atoms with Crippen molar-refractivity contribution in [1.29, 1.82) is 0 Å². The Bertz CT molecular complexity index is 615. The average Bonchev–Trinajstić information content (AvgIpc) is 2.98. The van der Waals surface area contributed by atoms with E-state index < -0.39 is 0 Å². The van der Waals surface area contributed by atoms with E-state index in [1.54, 1.807) is 18.7 Å². The number of imidazole rings is 1. The number of nitrogens with zero attached hydrogens (tertiary/aromatic N) is 3. The van der Waals surface area contributed by atoms with Gasteiger partial charge in [-0.05, 0) is 12.1 Å². The molecule has 0 bridgehead atoms. The van der Waals surface area contributed by atoms with Crippen LogP contribution in [-0.4, -0.2) is 27.0 Å². The molecule has 80 valence electrons. The molecule has 0 aliphatic heterocycles. The predicted octanol–water partition coefficient (Wildman–Crippen LogP) is 1.62. The van der Waals surface area contributed by atoms with E-state index in [-0.39, 0.29) is 6.01 Å². The maximum Gasteiger partial charge on any atom is 0.318 e. The van der Waals surface area contributed by atoms with E-state index in [4.69, 9.17) is 9.15 Å². The Hall–Kier alpha value is -2.37. The molecule has 3 heterocycles. The van der Waals surface area contributed by atoms with Crippen molar-refractivity contribution in [2.45, 2.75) is 0 Å². The Morgan fingerprint density at radius 2 is 2.31 bits per heavy atom. The van der Waals surface area contributed by atoms with Gasteiger partial charge in [-0.15, -0.1) is 0 Å². The summed E-state index contributed by atoms with van der Waals surface area (Å²) in [6, 6.07) is 3.89. The van der Waals surface area contributed by atoms with Crippen molar-refractivity contribution in [3.05, 3.63) is 24.7 Å². The second kappa shape index (κ2) is 3.34. The van der Waals surface area contributed by atoms with Gasteiger partial charge in [0.05, 0.1) is 19.7 Å². The molecule has 0 fully saturated rings. The number of methoxy groups -OCH3 is 1. The van der Waals surface area contributed by atoms with Crippen molar-refractivity contribution in [3.8, 4) is 17.5 Å². The number of ether oxygens (including phenoxy) is 1. The van der Waals surface area contributed by atoms with Crippen molar-refractivity contribution in [2.24, 2.45) is 0 Å². The Balaban J connectivity index is 2.33. The van der Waals surface area contributed by atoms with Gasteiger partial charge in [0.25, 0.3) is 0 Å². The summed E-state index contributed by atoms with van der Waals surface area (Å²) in [6.07, 6.45) is 3.15. The molecule has 0 radical (unpaired) electrons. The van der Waals surface area contributed by atoms with Crippen molar-refractivity contribution in [3.63, 3.8) is 0 Å². The minimum Gasteiger partial charge on any atom is -0.467 e. The molecule has 0 atom stereocenters. The van der Waals surface area contributed by atoms with Gasteiger partial charge in [-0.3, -0.25) is 0 Å². The molecule has 0 spiro atoms. The second-order valence-electron chi connectivity index (χ2n) is 3.14. The summed E-state index contributed by atoms with van der Waals surface area (Å²) in [4.78, 5) is 15.4. The lowest BCUT2D eigenvalue weighted by atomic mass is 10.3. The molecule has 0 aliphatic carbocycles. The van der Waals surface area contributed by atoms with Gasteiger partial charge in [0.15, 0.2) is 11.4 Å². The minimum atomic E-state index is 0.269. The molecule has 0 amide bonds. The zero-order valence-electron chi connectivity index (χ0n) is 8.47. The molecule has 3 rings (SSSR count). The molecule has 0 saturated carbocycles. The molecule has 3 aromatic rings. The van der Waals surface area contributed by atoms with Crippen molar-refractivity contribution >= 4 is 11.2 Å². The number of rotatable bonds is 2. The number of aromatic amines is 1. The fraction of sp³-hybridized carbons (Fsp3) is 0.100. The van der Waals surface area contributed by atoms with Crippen LogP contribution in [0.1, 0.15) is 0 Å². The monoisotopic (exact) mass is 216 g/mol. The summed E-state index contributed by atoms with van der Waals surface area (Å²) in [6.45, 7) is 0. The van der Waals surface area contributed by atoms with Gasteiger partial charge in [-0.25, -0.2) is 4.98 Å². The van der Waals surface area contributed by atoms with Crippen LogP contribution in [0.2, 0.25) is 0 Å². The molecule has 6 nitrogen and oxygen atoms in total. The van der Waals surface area contributed by atoms with Gasteiger partial charge in [-0.2, -0.15) is 9.97 Å². The third-order valence-corrected chi connectivity index (χ3v) is 2.20. The van der Waals surface area contributed by atoms with E-state index in [0.29, 0.717) is 17.1 Å². The summed E-state index contributed by atoms with van der Waals surface area (Å²) in [5.41, 5.74) is 1.93. The number of nitrogens with one attached hydrogen (secondary N) is 1. The molecule has 0 aromatic carbocycles. The molecule has 0 saturated heterocycles. The van der Waals surface area contributed by atoms with Crippen LogP contribution in [0.5, 0.6) is 6.01 Å². The first-order chi connectivity index (χ1) is 7.88. The quantitative estimate of drug-likeness (QED) is 0.704. The lowest BCUT2D eigenvalue weighted by molar-refractivity contribution is 0.381. The molecular formula is C10H8N4O2. The lowest BCUT2D eigenvalue weighted by Gasteiger charge is -2.01. The van der Waals surface area contributed by atoms with Crippen LogP contribution in [0.3, 0.4) is 0 Å². The first-order valence-electron chi connectivity index (χ1n) is 4.67. The Kier molecular flexibility index (Phi) is 1.86. The number of hydrogen-bond donors (Lipinski definition) is 1. The Morgan fingerprint density at radius 1 is 1.38 bits per heavy atom. The highest BCUT2D eigenvalue weighted by Gasteiger charge is 2.13. The van der Waals surface area contributed by atoms with Crippen LogP contribution in [0.15, 0.2) is 29.1 Å². The summed E-state index contributed by atoms with van der Waals surface area (Å²) in [5.74, 6) is 0.648. The van der Waals surface area contributed by atoms with Crippen LogP contribution in [-0.2, 0) is 0 Å². The second-order valence-corrected chi connectivity index (χ2v) is 3.14. The summed E-state index contributed by atoms with van der Waals surface area (Å²) < 4.78 is 10.3. The van der Waals surface area contributed by atoms with Crippen LogP contribution in [0.4, 0.5) is 0 Å². The highest BCUT2D eigenvalue weighted by Crippen LogP contribution is 2.25. The van der Waals surface area contributed by atoms with Gasteiger partial charge >= 0.3 is 6.01 Å². The van der Waals surface area contributed by atoms with E-state index >= 15 is 0 Å². The predicted molar refractivity (Wildman–Crippen MR) is 55.9 cm³/mol. The van der Waals surface area contributed by atoms with Crippen LogP contribution in [0.25, 0.3) is 22.6 Å².